The van der Waals surface area contributed by atoms with Crippen LogP contribution in [0.1, 0.15) is 58.6 Å². The van der Waals surface area contributed by atoms with Gasteiger partial charge in [-0.15, -0.1) is 0 Å². The molecule has 0 fully saturated rings. The number of ether oxygens (including phenoxy) is 1. The highest BCUT2D eigenvalue weighted by molar-refractivity contribution is 6.31. The smallest absolute Gasteiger partial charge is 0.161 e. The Morgan fingerprint density at radius 2 is 1.68 bits per heavy atom. The standard InChI is InChI=1S/C33H31Cl2N3O2/c1-18-8-9-24(35)15-28(18)38-27-6-5-7-29(39)32(27)31(26(16-36)33(38)37)25-14-22(19(2)12-20(25)3)17-40-30-11-10-23(34)13-21(30)4/h8-15,31H,5-7,17,37H2,1-4H3. The van der Waals surface area contributed by atoms with Gasteiger partial charge in [0.1, 0.15) is 18.2 Å². The lowest BCUT2D eigenvalue weighted by Gasteiger charge is -2.40. The van der Waals surface area contributed by atoms with Gasteiger partial charge < -0.3 is 10.5 Å². The minimum atomic E-state index is -0.555. The molecule has 5 nitrogen and oxygen atoms in total. The van der Waals surface area contributed by atoms with E-state index in [1.54, 1.807) is 0 Å². The fourth-order valence-electron chi connectivity index (χ4n) is 5.81. The number of carbonyl (C=O) groups excluding carboxylic acids is 1. The zero-order valence-electron chi connectivity index (χ0n) is 23.1. The summed E-state index contributed by atoms with van der Waals surface area (Å²) in [4.78, 5) is 15.5. The minimum Gasteiger partial charge on any atom is -0.489 e. The third kappa shape index (κ3) is 4.98. The lowest BCUT2D eigenvalue weighted by molar-refractivity contribution is -0.116. The van der Waals surface area contributed by atoms with Crippen LogP contribution in [0.4, 0.5) is 5.69 Å². The zero-order chi connectivity index (χ0) is 28.7. The van der Waals surface area contributed by atoms with Crippen LogP contribution in [0.15, 0.2) is 71.2 Å². The largest absolute Gasteiger partial charge is 0.489 e. The summed E-state index contributed by atoms with van der Waals surface area (Å²) < 4.78 is 6.18. The van der Waals surface area contributed by atoms with Gasteiger partial charge in [-0.2, -0.15) is 5.26 Å². The van der Waals surface area contributed by atoms with Gasteiger partial charge in [0.05, 0.1) is 23.2 Å². The number of hydrogen-bond donors (Lipinski definition) is 1. The van der Waals surface area contributed by atoms with Crippen LogP contribution in [0, 0.1) is 39.0 Å². The molecule has 3 aromatic carbocycles. The second-order valence-electron chi connectivity index (χ2n) is 10.6. The molecule has 0 spiro atoms. The average Bonchev–Trinajstić information content (AvgIpc) is 2.90. The van der Waals surface area contributed by atoms with Crippen LogP contribution in [-0.4, -0.2) is 5.78 Å². The molecule has 0 saturated carbocycles. The van der Waals surface area contributed by atoms with Crippen LogP contribution in [0.25, 0.3) is 0 Å². The van der Waals surface area contributed by atoms with Crippen molar-refractivity contribution in [3.63, 3.8) is 0 Å². The van der Waals surface area contributed by atoms with E-state index in [4.69, 9.17) is 33.7 Å². The highest BCUT2D eigenvalue weighted by Crippen LogP contribution is 2.48. The molecule has 40 heavy (non-hydrogen) atoms. The predicted octanol–water partition coefficient (Wildman–Crippen LogP) is 8.11. The molecule has 1 heterocycles. The number of aryl methyl sites for hydroxylation is 4. The van der Waals surface area contributed by atoms with Gasteiger partial charge in [0.25, 0.3) is 0 Å². The molecule has 0 aromatic heterocycles. The van der Waals surface area contributed by atoms with E-state index in [1.807, 2.05) is 69.0 Å². The topological polar surface area (TPSA) is 79.4 Å². The predicted molar refractivity (Wildman–Crippen MR) is 161 cm³/mol. The first-order chi connectivity index (χ1) is 19.1. The monoisotopic (exact) mass is 571 g/mol. The maximum Gasteiger partial charge on any atom is 0.161 e. The van der Waals surface area contributed by atoms with Crippen molar-refractivity contribution in [2.45, 2.75) is 59.5 Å². The number of anilines is 1. The molecule has 3 aromatic rings. The number of halogens is 2. The van der Waals surface area contributed by atoms with Crippen LogP contribution in [0.5, 0.6) is 5.75 Å². The van der Waals surface area contributed by atoms with Crippen LogP contribution in [0.2, 0.25) is 10.0 Å². The van der Waals surface area contributed by atoms with Crippen LogP contribution >= 0.6 is 23.2 Å². The molecule has 1 unspecified atom stereocenters. The number of rotatable bonds is 5. The van der Waals surface area contributed by atoms with Crippen LogP contribution in [0.3, 0.4) is 0 Å². The number of Topliss-reactive ketones (excluding diaryl/α,β-unsaturated/α-hetero) is 1. The number of benzene rings is 3. The summed E-state index contributed by atoms with van der Waals surface area (Å²) in [5.74, 6) is 0.581. The SMILES string of the molecule is Cc1cc(C)c(C2C(C#N)=C(N)N(c3cc(Cl)ccc3C)C3=C2C(=O)CCC3)cc1COc1ccc(Cl)cc1C. The Balaban J connectivity index is 1.64. The van der Waals surface area contributed by atoms with E-state index in [9.17, 15) is 10.1 Å². The highest BCUT2D eigenvalue weighted by atomic mass is 35.5. The van der Waals surface area contributed by atoms with Gasteiger partial charge >= 0.3 is 0 Å². The molecular formula is C33H31Cl2N3O2. The Bertz CT molecular complexity index is 1650. The molecule has 2 N–H and O–H groups in total. The lowest BCUT2D eigenvalue weighted by Crippen LogP contribution is -2.39. The molecule has 7 heteroatoms. The number of ketones is 1. The summed E-state index contributed by atoms with van der Waals surface area (Å²) in [7, 11) is 0. The zero-order valence-corrected chi connectivity index (χ0v) is 24.6. The maximum absolute atomic E-state index is 13.6. The normalized spacial score (nSPS) is 17.2. The van der Waals surface area contributed by atoms with E-state index in [2.05, 4.69) is 18.2 Å². The molecule has 0 radical (unpaired) electrons. The summed E-state index contributed by atoms with van der Waals surface area (Å²) in [6, 6.07) is 17.7. The van der Waals surface area contributed by atoms with Crippen molar-refractivity contribution in [1.82, 2.24) is 0 Å². The summed E-state index contributed by atoms with van der Waals surface area (Å²) >= 11 is 12.5. The summed E-state index contributed by atoms with van der Waals surface area (Å²) in [5.41, 5.74) is 15.3. The van der Waals surface area contributed by atoms with E-state index in [1.165, 1.54) is 0 Å². The van der Waals surface area contributed by atoms with Gasteiger partial charge in [-0.05, 0) is 104 Å². The molecule has 1 aliphatic heterocycles. The van der Waals surface area contributed by atoms with Crippen molar-refractivity contribution in [1.29, 1.82) is 5.26 Å². The maximum atomic E-state index is 13.6. The van der Waals surface area contributed by atoms with Gasteiger partial charge in [0.2, 0.25) is 0 Å². The minimum absolute atomic E-state index is 0.0470. The van der Waals surface area contributed by atoms with Gasteiger partial charge in [0.15, 0.2) is 5.78 Å². The Labute approximate surface area is 245 Å². The van der Waals surface area contributed by atoms with E-state index in [0.29, 0.717) is 46.5 Å². The van der Waals surface area contributed by atoms with Gasteiger partial charge in [-0.25, -0.2) is 0 Å². The average molecular weight is 573 g/mol. The number of hydrogen-bond acceptors (Lipinski definition) is 5. The molecule has 5 rings (SSSR count). The number of nitriles is 1. The first-order valence-corrected chi connectivity index (χ1v) is 14.1. The van der Waals surface area contributed by atoms with Crippen LogP contribution < -0.4 is 15.4 Å². The highest BCUT2D eigenvalue weighted by Gasteiger charge is 2.41. The van der Waals surface area contributed by atoms with Gasteiger partial charge in [-0.3, -0.25) is 9.69 Å². The molecule has 0 saturated heterocycles. The summed E-state index contributed by atoms with van der Waals surface area (Å²) in [6.07, 6.45) is 1.84. The van der Waals surface area contributed by atoms with Crippen molar-refractivity contribution in [3.05, 3.63) is 115 Å². The Hall–Kier alpha value is -3.72. The van der Waals surface area contributed by atoms with Crippen molar-refractivity contribution < 1.29 is 9.53 Å². The summed E-state index contributed by atoms with van der Waals surface area (Å²) in [6.45, 7) is 8.33. The Kier molecular flexibility index (Phi) is 7.68. The summed E-state index contributed by atoms with van der Waals surface area (Å²) in [5, 5.41) is 11.7. The molecule has 2 aliphatic rings. The first-order valence-electron chi connectivity index (χ1n) is 13.3. The Morgan fingerprint density at radius 3 is 2.40 bits per heavy atom. The molecule has 0 bridgehead atoms. The second kappa shape index (κ2) is 11.0. The number of allylic oxidation sites excluding steroid dienone is 3. The van der Waals surface area contributed by atoms with E-state index in [-0.39, 0.29) is 5.78 Å². The quantitative estimate of drug-likeness (QED) is 0.334. The van der Waals surface area contributed by atoms with Crippen molar-refractivity contribution in [2.75, 3.05) is 4.90 Å². The second-order valence-corrected chi connectivity index (χ2v) is 11.5. The number of nitrogens with zero attached hydrogens (tertiary/aromatic N) is 2. The molecule has 1 atom stereocenters. The fraction of sp³-hybridized carbons (Fsp3) is 0.273. The van der Waals surface area contributed by atoms with Crippen molar-refractivity contribution in [3.8, 4) is 11.8 Å². The molecule has 0 amide bonds. The van der Waals surface area contributed by atoms with E-state index >= 15 is 0 Å². The van der Waals surface area contributed by atoms with E-state index in [0.717, 1.165) is 56.9 Å². The first kappa shape index (κ1) is 27.8. The number of nitrogens with two attached hydrogens (primary N) is 1. The number of carbonyl (C=O) groups is 1. The van der Waals surface area contributed by atoms with E-state index < -0.39 is 5.92 Å². The fourth-order valence-corrected chi connectivity index (χ4v) is 6.20. The third-order valence-corrected chi connectivity index (χ3v) is 8.35. The van der Waals surface area contributed by atoms with Crippen LogP contribution in [-0.2, 0) is 11.4 Å². The van der Waals surface area contributed by atoms with Crippen molar-refractivity contribution >= 4 is 34.7 Å². The lowest BCUT2D eigenvalue weighted by atomic mass is 9.74. The van der Waals surface area contributed by atoms with Gasteiger partial charge in [-0.1, -0.05) is 41.4 Å². The van der Waals surface area contributed by atoms with Crippen molar-refractivity contribution in [2.24, 2.45) is 5.73 Å². The third-order valence-electron chi connectivity index (χ3n) is 7.88. The molecular weight excluding hydrogens is 541 g/mol. The van der Waals surface area contributed by atoms with Gasteiger partial charge in [0, 0.05) is 27.7 Å². The Morgan fingerprint density at radius 1 is 0.950 bits per heavy atom. The molecule has 1 aliphatic carbocycles. The molecule has 204 valence electrons.